The highest BCUT2D eigenvalue weighted by molar-refractivity contribution is 5.95. The highest BCUT2D eigenvalue weighted by Gasteiger charge is 2.25. The van der Waals surface area contributed by atoms with E-state index in [0.29, 0.717) is 6.07 Å². The van der Waals surface area contributed by atoms with Gasteiger partial charge in [0.25, 0.3) is 5.91 Å². The average Bonchev–Trinajstić information content (AvgIpc) is 2.39. The number of halogens is 2. The third-order valence-electron chi connectivity index (χ3n) is 2.98. The summed E-state index contributed by atoms with van der Waals surface area (Å²) in [7, 11) is 0. The number of amidine groups is 1. The molecule has 0 aliphatic carbocycles. The number of nitrogens with two attached hydrogens (primary N) is 1. The van der Waals surface area contributed by atoms with E-state index in [2.05, 4.69) is 10.5 Å². The maximum atomic E-state index is 13.5. The number of benzene rings is 1. The molecule has 110 valence electrons. The molecule has 0 aliphatic rings. The highest BCUT2D eigenvalue weighted by Crippen LogP contribution is 2.16. The minimum atomic E-state index is -0.938. The molecule has 4 N–H and O–H groups in total. The number of nitrogens with one attached hydrogen (secondary N) is 1. The number of rotatable bonds is 4. The van der Waals surface area contributed by atoms with Crippen LogP contribution in [0.5, 0.6) is 0 Å². The maximum absolute atomic E-state index is 13.5. The highest BCUT2D eigenvalue weighted by atomic mass is 19.1. The van der Waals surface area contributed by atoms with Crippen molar-refractivity contribution in [1.82, 2.24) is 5.32 Å². The molecule has 0 fully saturated rings. The second-order valence-corrected chi connectivity index (χ2v) is 5.13. The molecule has 20 heavy (non-hydrogen) atoms. The van der Waals surface area contributed by atoms with Crippen molar-refractivity contribution >= 4 is 11.7 Å². The van der Waals surface area contributed by atoms with Gasteiger partial charge in [-0.05, 0) is 18.6 Å². The zero-order valence-electron chi connectivity index (χ0n) is 11.5. The van der Waals surface area contributed by atoms with Crippen LogP contribution >= 0.6 is 0 Å². The number of hydrogen-bond donors (Lipinski definition) is 3. The van der Waals surface area contributed by atoms with Gasteiger partial charge in [-0.2, -0.15) is 0 Å². The number of hydrogen-bond acceptors (Lipinski definition) is 3. The second kappa shape index (κ2) is 5.85. The van der Waals surface area contributed by atoms with Gasteiger partial charge in [0.2, 0.25) is 0 Å². The summed E-state index contributed by atoms with van der Waals surface area (Å²) < 4.78 is 26.7. The Kier molecular flexibility index (Phi) is 4.65. The van der Waals surface area contributed by atoms with E-state index in [1.807, 2.05) is 0 Å². The van der Waals surface area contributed by atoms with Crippen molar-refractivity contribution in [3.63, 3.8) is 0 Å². The molecule has 1 amide bonds. The number of nitrogens with zero attached hydrogens (tertiary/aromatic N) is 1. The molecule has 0 aliphatic heterocycles. The van der Waals surface area contributed by atoms with Gasteiger partial charge in [-0.25, -0.2) is 8.78 Å². The fraction of sp³-hybridized carbons (Fsp3) is 0.385. The molecule has 1 aromatic rings. The van der Waals surface area contributed by atoms with Crippen molar-refractivity contribution in [3.05, 3.63) is 34.9 Å². The first kappa shape index (κ1) is 15.9. The van der Waals surface area contributed by atoms with E-state index in [1.165, 1.54) is 6.92 Å². The van der Waals surface area contributed by atoms with Crippen molar-refractivity contribution in [3.8, 4) is 0 Å². The summed E-state index contributed by atoms with van der Waals surface area (Å²) in [6, 6.07) is 1.80. The molecule has 0 spiro atoms. The molecule has 0 radical (unpaired) electrons. The lowest BCUT2D eigenvalue weighted by Crippen LogP contribution is -2.42. The summed E-state index contributed by atoms with van der Waals surface area (Å²) in [5.74, 6) is -2.40. The topological polar surface area (TPSA) is 87.7 Å². The normalized spacial score (nSPS) is 12.3. The Hall–Kier alpha value is -2.18. The smallest absolute Gasteiger partial charge is 0.254 e. The van der Waals surface area contributed by atoms with Crippen LogP contribution in [0.1, 0.15) is 29.8 Å². The number of carbonyl (C=O) groups excluding carboxylic acids is 1. The standard InChI is InChI=1S/C13H17F2N3O2/c1-7-4-8(10(15)5-9(7)14)11(19)17-6-13(2,3)12(16)18-20/h4-5,20H,6H2,1-3H3,(H2,16,18)(H,17,19). The molecular formula is C13H17F2N3O2. The lowest BCUT2D eigenvalue weighted by atomic mass is 9.92. The van der Waals surface area contributed by atoms with Crippen LogP contribution in [-0.4, -0.2) is 23.5 Å². The predicted molar refractivity (Wildman–Crippen MR) is 70.6 cm³/mol. The summed E-state index contributed by atoms with van der Waals surface area (Å²) in [6.07, 6.45) is 0. The summed E-state index contributed by atoms with van der Waals surface area (Å²) >= 11 is 0. The minimum Gasteiger partial charge on any atom is -0.409 e. The van der Waals surface area contributed by atoms with Gasteiger partial charge in [0.15, 0.2) is 0 Å². The van der Waals surface area contributed by atoms with Crippen LogP contribution in [0.2, 0.25) is 0 Å². The van der Waals surface area contributed by atoms with Crippen LogP contribution in [0, 0.1) is 24.0 Å². The second-order valence-electron chi connectivity index (χ2n) is 5.13. The van der Waals surface area contributed by atoms with Crippen molar-refractivity contribution in [2.75, 3.05) is 6.54 Å². The number of aryl methyl sites for hydroxylation is 1. The molecule has 1 aromatic carbocycles. The molecule has 0 aromatic heterocycles. The first-order chi connectivity index (χ1) is 9.19. The van der Waals surface area contributed by atoms with E-state index in [4.69, 9.17) is 10.9 Å². The molecule has 0 saturated carbocycles. The Morgan fingerprint density at radius 2 is 2.00 bits per heavy atom. The maximum Gasteiger partial charge on any atom is 0.254 e. The Balaban J connectivity index is 2.86. The van der Waals surface area contributed by atoms with Crippen LogP contribution in [0.15, 0.2) is 17.3 Å². The van der Waals surface area contributed by atoms with E-state index < -0.39 is 23.0 Å². The molecular weight excluding hydrogens is 268 g/mol. The Morgan fingerprint density at radius 1 is 1.40 bits per heavy atom. The Morgan fingerprint density at radius 3 is 2.55 bits per heavy atom. The SMILES string of the molecule is Cc1cc(C(=O)NCC(C)(C)/C(N)=N/O)c(F)cc1F. The van der Waals surface area contributed by atoms with Crippen LogP contribution in [0.3, 0.4) is 0 Å². The fourth-order valence-electron chi connectivity index (χ4n) is 1.45. The third kappa shape index (κ3) is 3.43. The molecule has 0 saturated heterocycles. The summed E-state index contributed by atoms with van der Waals surface area (Å²) in [6.45, 7) is 4.77. The zero-order chi connectivity index (χ0) is 15.5. The first-order valence-corrected chi connectivity index (χ1v) is 5.91. The average molecular weight is 285 g/mol. The van der Waals surface area contributed by atoms with E-state index in [1.54, 1.807) is 13.8 Å². The van der Waals surface area contributed by atoms with Gasteiger partial charge >= 0.3 is 0 Å². The monoisotopic (exact) mass is 285 g/mol. The van der Waals surface area contributed by atoms with Crippen molar-refractivity contribution < 1.29 is 18.8 Å². The summed E-state index contributed by atoms with van der Waals surface area (Å²) in [4.78, 5) is 11.9. The van der Waals surface area contributed by atoms with Crippen LogP contribution in [0.25, 0.3) is 0 Å². The number of oxime groups is 1. The van der Waals surface area contributed by atoms with Gasteiger partial charge in [-0.3, -0.25) is 4.79 Å². The van der Waals surface area contributed by atoms with Crippen molar-refractivity contribution in [2.24, 2.45) is 16.3 Å². The molecule has 0 bridgehead atoms. The number of amides is 1. The molecule has 5 nitrogen and oxygen atoms in total. The van der Waals surface area contributed by atoms with Crippen molar-refractivity contribution in [1.29, 1.82) is 0 Å². The van der Waals surface area contributed by atoms with Crippen LogP contribution in [0.4, 0.5) is 8.78 Å². The summed E-state index contributed by atoms with van der Waals surface area (Å²) in [5, 5.41) is 14.0. The third-order valence-corrected chi connectivity index (χ3v) is 2.98. The van der Waals surface area contributed by atoms with Gasteiger partial charge in [-0.15, -0.1) is 0 Å². The molecule has 1 rings (SSSR count). The van der Waals surface area contributed by atoms with E-state index in [9.17, 15) is 13.6 Å². The fourth-order valence-corrected chi connectivity index (χ4v) is 1.45. The van der Waals surface area contributed by atoms with Gasteiger partial charge in [0.05, 0.1) is 5.56 Å². The van der Waals surface area contributed by atoms with Crippen LogP contribution in [-0.2, 0) is 0 Å². The van der Waals surface area contributed by atoms with Gasteiger partial charge < -0.3 is 16.3 Å². The largest absolute Gasteiger partial charge is 0.409 e. The quantitative estimate of drug-likeness (QED) is 0.341. The zero-order valence-corrected chi connectivity index (χ0v) is 11.5. The van der Waals surface area contributed by atoms with Gasteiger partial charge in [-0.1, -0.05) is 19.0 Å². The molecule has 0 unspecified atom stereocenters. The molecule has 7 heteroatoms. The van der Waals surface area contributed by atoms with E-state index in [-0.39, 0.29) is 23.5 Å². The van der Waals surface area contributed by atoms with Gasteiger partial charge in [0, 0.05) is 18.0 Å². The Bertz CT molecular complexity index is 557. The minimum absolute atomic E-state index is 0.0393. The van der Waals surface area contributed by atoms with Crippen LogP contribution < -0.4 is 11.1 Å². The molecule has 0 atom stereocenters. The Labute approximate surface area is 115 Å². The number of carbonyl (C=O) groups is 1. The molecule has 0 heterocycles. The van der Waals surface area contributed by atoms with E-state index in [0.717, 1.165) is 6.07 Å². The van der Waals surface area contributed by atoms with E-state index >= 15 is 0 Å². The lowest BCUT2D eigenvalue weighted by molar-refractivity contribution is 0.0940. The lowest BCUT2D eigenvalue weighted by Gasteiger charge is -2.23. The van der Waals surface area contributed by atoms with Crippen molar-refractivity contribution in [2.45, 2.75) is 20.8 Å². The van der Waals surface area contributed by atoms with Gasteiger partial charge in [0.1, 0.15) is 17.5 Å². The first-order valence-electron chi connectivity index (χ1n) is 5.91. The summed E-state index contributed by atoms with van der Waals surface area (Å²) in [5.41, 5.74) is 4.60. The predicted octanol–water partition coefficient (Wildman–Crippen LogP) is 1.78.